The predicted octanol–water partition coefficient (Wildman–Crippen LogP) is 3.01. The molecule has 0 aliphatic rings. The summed E-state index contributed by atoms with van der Waals surface area (Å²) in [5.74, 6) is -0.343. The first-order valence-electron chi connectivity index (χ1n) is 6.36. The number of pyridine rings is 1. The van der Waals surface area contributed by atoms with E-state index in [4.69, 9.17) is 17.3 Å². The number of rotatable bonds is 5. The lowest BCUT2D eigenvalue weighted by molar-refractivity contribution is 0.241. The van der Waals surface area contributed by atoms with Crippen LogP contribution in [0.15, 0.2) is 42.7 Å². The Balaban J connectivity index is 2.19. The van der Waals surface area contributed by atoms with Gasteiger partial charge in [-0.05, 0) is 36.4 Å². The van der Waals surface area contributed by atoms with Crippen LogP contribution in [0.2, 0.25) is 5.02 Å². The van der Waals surface area contributed by atoms with E-state index in [1.807, 2.05) is 25.4 Å². The first kappa shape index (κ1) is 14.9. The lowest BCUT2D eigenvalue weighted by Gasteiger charge is -2.28. The molecule has 0 spiro atoms. The SMILES string of the molecule is CN(Cc1cccnc1)C(CN)c1ccc(F)cc1Cl. The number of hydrogen-bond acceptors (Lipinski definition) is 3. The molecule has 5 heteroatoms. The van der Waals surface area contributed by atoms with Gasteiger partial charge in [-0.3, -0.25) is 9.88 Å². The second-order valence-electron chi connectivity index (χ2n) is 4.69. The summed E-state index contributed by atoms with van der Waals surface area (Å²) >= 11 is 6.12. The molecule has 2 rings (SSSR count). The third kappa shape index (κ3) is 3.54. The van der Waals surface area contributed by atoms with E-state index in [2.05, 4.69) is 9.88 Å². The summed E-state index contributed by atoms with van der Waals surface area (Å²) in [6, 6.07) is 8.24. The van der Waals surface area contributed by atoms with E-state index in [1.165, 1.54) is 12.1 Å². The van der Waals surface area contributed by atoms with Crippen LogP contribution < -0.4 is 5.73 Å². The molecule has 0 aliphatic carbocycles. The van der Waals surface area contributed by atoms with Crippen LogP contribution in [-0.2, 0) is 6.54 Å². The van der Waals surface area contributed by atoms with E-state index >= 15 is 0 Å². The van der Waals surface area contributed by atoms with E-state index in [1.54, 1.807) is 12.3 Å². The van der Waals surface area contributed by atoms with Crippen molar-refractivity contribution in [3.8, 4) is 0 Å². The largest absolute Gasteiger partial charge is 0.329 e. The second kappa shape index (κ2) is 6.79. The van der Waals surface area contributed by atoms with Gasteiger partial charge >= 0.3 is 0 Å². The molecular formula is C15H17ClFN3. The quantitative estimate of drug-likeness (QED) is 0.921. The first-order valence-corrected chi connectivity index (χ1v) is 6.73. The topological polar surface area (TPSA) is 42.2 Å². The zero-order valence-corrected chi connectivity index (χ0v) is 12.0. The molecule has 1 atom stereocenters. The van der Waals surface area contributed by atoms with Crippen molar-refractivity contribution in [2.24, 2.45) is 5.73 Å². The molecule has 0 saturated carbocycles. The van der Waals surface area contributed by atoms with Gasteiger partial charge < -0.3 is 5.73 Å². The van der Waals surface area contributed by atoms with Gasteiger partial charge in [-0.2, -0.15) is 0 Å². The van der Waals surface area contributed by atoms with Crippen LogP contribution in [0.25, 0.3) is 0 Å². The van der Waals surface area contributed by atoms with E-state index in [9.17, 15) is 4.39 Å². The number of halogens is 2. The van der Waals surface area contributed by atoms with Crippen LogP contribution in [0.5, 0.6) is 0 Å². The van der Waals surface area contributed by atoms with Gasteiger partial charge in [0.25, 0.3) is 0 Å². The number of benzene rings is 1. The number of hydrogen-bond donors (Lipinski definition) is 1. The fraction of sp³-hybridized carbons (Fsp3) is 0.267. The highest BCUT2D eigenvalue weighted by Crippen LogP contribution is 2.27. The van der Waals surface area contributed by atoms with Crippen LogP contribution >= 0.6 is 11.6 Å². The van der Waals surface area contributed by atoms with Crippen molar-refractivity contribution >= 4 is 11.6 Å². The molecule has 1 aromatic carbocycles. The molecule has 106 valence electrons. The Hall–Kier alpha value is -1.49. The van der Waals surface area contributed by atoms with Crippen LogP contribution in [0.1, 0.15) is 17.2 Å². The molecule has 20 heavy (non-hydrogen) atoms. The van der Waals surface area contributed by atoms with Gasteiger partial charge in [0.2, 0.25) is 0 Å². The standard InChI is InChI=1S/C15H17ClFN3/c1-20(10-11-3-2-6-19-9-11)15(8-18)13-5-4-12(17)7-14(13)16/h2-7,9,15H,8,10,18H2,1H3. The van der Waals surface area contributed by atoms with E-state index in [0.717, 1.165) is 11.1 Å². The Bertz CT molecular complexity index is 562. The van der Waals surface area contributed by atoms with Gasteiger partial charge in [0.05, 0.1) is 0 Å². The zero-order valence-electron chi connectivity index (χ0n) is 11.3. The average Bonchev–Trinajstić information content (AvgIpc) is 2.43. The minimum Gasteiger partial charge on any atom is -0.329 e. The minimum absolute atomic E-state index is 0.0664. The van der Waals surface area contributed by atoms with Crippen molar-refractivity contribution < 1.29 is 4.39 Å². The fourth-order valence-corrected chi connectivity index (χ4v) is 2.50. The average molecular weight is 294 g/mol. The van der Waals surface area contributed by atoms with Crippen molar-refractivity contribution in [3.63, 3.8) is 0 Å². The summed E-state index contributed by atoms with van der Waals surface area (Å²) < 4.78 is 13.1. The van der Waals surface area contributed by atoms with Gasteiger partial charge in [-0.25, -0.2) is 4.39 Å². The molecule has 0 radical (unpaired) electrons. The molecule has 0 aliphatic heterocycles. The Kier molecular flexibility index (Phi) is 5.06. The molecule has 1 aromatic heterocycles. The summed E-state index contributed by atoms with van der Waals surface area (Å²) in [6.07, 6.45) is 3.55. The fourth-order valence-electron chi connectivity index (χ4n) is 2.21. The monoisotopic (exact) mass is 293 g/mol. The highest BCUT2D eigenvalue weighted by molar-refractivity contribution is 6.31. The summed E-state index contributed by atoms with van der Waals surface area (Å²) in [5, 5.41) is 0.401. The molecule has 2 aromatic rings. The normalized spacial score (nSPS) is 12.7. The van der Waals surface area contributed by atoms with Crippen molar-refractivity contribution in [2.45, 2.75) is 12.6 Å². The number of nitrogens with two attached hydrogens (primary N) is 1. The maximum atomic E-state index is 13.1. The van der Waals surface area contributed by atoms with Crippen LogP contribution in [0, 0.1) is 5.82 Å². The second-order valence-corrected chi connectivity index (χ2v) is 5.10. The molecule has 1 unspecified atom stereocenters. The van der Waals surface area contributed by atoms with E-state index in [0.29, 0.717) is 18.1 Å². The third-order valence-corrected chi connectivity index (χ3v) is 3.56. The number of nitrogens with zero attached hydrogens (tertiary/aromatic N) is 2. The molecule has 2 N–H and O–H groups in total. The summed E-state index contributed by atoms with van der Waals surface area (Å²) in [5.41, 5.74) is 7.78. The Morgan fingerprint density at radius 3 is 2.80 bits per heavy atom. The molecular weight excluding hydrogens is 277 g/mol. The van der Waals surface area contributed by atoms with E-state index in [-0.39, 0.29) is 11.9 Å². The number of likely N-dealkylation sites (N-methyl/N-ethyl adjacent to an activating group) is 1. The number of aromatic nitrogens is 1. The first-order chi connectivity index (χ1) is 9.61. The van der Waals surface area contributed by atoms with Crippen LogP contribution in [-0.4, -0.2) is 23.5 Å². The van der Waals surface area contributed by atoms with Crippen LogP contribution in [0.3, 0.4) is 0 Å². The van der Waals surface area contributed by atoms with Gasteiger partial charge in [-0.15, -0.1) is 0 Å². The van der Waals surface area contributed by atoms with Crippen LogP contribution in [0.4, 0.5) is 4.39 Å². The van der Waals surface area contributed by atoms with Crippen molar-refractivity contribution in [1.82, 2.24) is 9.88 Å². The summed E-state index contributed by atoms with van der Waals surface area (Å²) in [7, 11) is 1.96. The lowest BCUT2D eigenvalue weighted by atomic mass is 10.0. The summed E-state index contributed by atoms with van der Waals surface area (Å²) in [4.78, 5) is 6.17. The molecule has 0 amide bonds. The van der Waals surface area contributed by atoms with E-state index < -0.39 is 0 Å². The van der Waals surface area contributed by atoms with Gasteiger partial charge in [0.1, 0.15) is 5.82 Å². The van der Waals surface area contributed by atoms with Crippen molar-refractivity contribution in [3.05, 3.63) is 64.7 Å². The molecule has 3 nitrogen and oxygen atoms in total. The maximum absolute atomic E-state index is 13.1. The van der Waals surface area contributed by atoms with Gasteiger partial charge in [0, 0.05) is 36.5 Å². The zero-order chi connectivity index (χ0) is 14.5. The molecule has 0 bridgehead atoms. The van der Waals surface area contributed by atoms with Crippen molar-refractivity contribution in [2.75, 3.05) is 13.6 Å². The molecule has 0 fully saturated rings. The van der Waals surface area contributed by atoms with Crippen molar-refractivity contribution in [1.29, 1.82) is 0 Å². The maximum Gasteiger partial charge on any atom is 0.124 e. The molecule has 1 heterocycles. The predicted molar refractivity (Wildman–Crippen MR) is 78.9 cm³/mol. The summed E-state index contributed by atoms with van der Waals surface area (Å²) in [6.45, 7) is 1.10. The Labute approximate surface area is 123 Å². The minimum atomic E-state index is -0.343. The molecule has 0 saturated heterocycles. The highest BCUT2D eigenvalue weighted by Gasteiger charge is 2.18. The van der Waals surface area contributed by atoms with Gasteiger partial charge in [-0.1, -0.05) is 23.7 Å². The van der Waals surface area contributed by atoms with Gasteiger partial charge in [0.15, 0.2) is 0 Å². The highest BCUT2D eigenvalue weighted by atomic mass is 35.5. The lowest BCUT2D eigenvalue weighted by Crippen LogP contribution is -2.30. The Morgan fingerprint density at radius 1 is 1.40 bits per heavy atom. The smallest absolute Gasteiger partial charge is 0.124 e. The third-order valence-electron chi connectivity index (χ3n) is 3.23. The Morgan fingerprint density at radius 2 is 2.20 bits per heavy atom.